The number of amides is 2. The molecule has 4 aliphatic rings. The minimum Gasteiger partial charge on any atom is -0.508 e. The molecule has 0 aromatic heterocycles. The third-order valence-electron chi connectivity index (χ3n) is 10.8. The number of ketones is 2. The van der Waals surface area contributed by atoms with E-state index in [1.54, 1.807) is 48.5 Å². The van der Waals surface area contributed by atoms with Crippen LogP contribution in [0.1, 0.15) is 35.4 Å². The Morgan fingerprint density at radius 1 is 0.750 bits per heavy atom. The predicted molar refractivity (Wildman–Crippen MR) is 184 cm³/mol. The zero-order valence-corrected chi connectivity index (χ0v) is 27.1. The van der Waals surface area contributed by atoms with Crippen molar-refractivity contribution < 1.29 is 24.3 Å². The quantitative estimate of drug-likeness (QED) is 0.177. The molecule has 3 aliphatic carbocycles. The lowest BCUT2D eigenvalue weighted by Gasteiger charge is -2.55. The molecule has 4 aromatic carbocycles. The molecule has 0 spiro atoms. The Kier molecular flexibility index (Phi) is 7.27. The van der Waals surface area contributed by atoms with Crippen LogP contribution in [0.2, 0.25) is 10.0 Å². The van der Waals surface area contributed by atoms with E-state index >= 15 is 4.79 Å². The molecule has 238 valence electrons. The Balaban J connectivity index is 1.37. The first-order valence-electron chi connectivity index (χ1n) is 15.9. The van der Waals surface area contributed by atoms with E-state index in [9.17, 15) is 19.5 Å². The first-order valence-corrected chi connectivity index (χ1v) is 16.7. The van der Waals surface area contributed by atoms with Crippen molar-refractivity contribution >= 4 is 57.8 Å². The highest BCUT2D eigenvalue weighted by Gasteiger charge is 2.66. The number of rotatable bonds is 4. The standard InChI is InChI=1S/C40H29Cl2NO5/c41-24-11-14-26(15-12-24)43-38(47)28-17-16-27-30(35(28)39(43)48)20-32-37(46)29(22-7-3-1-4-8-22)21-34(45)40(32,23-9-5-2-6-10-23)36(27)31-19-25(42)13-18-33(31)44/h1-16,18-19,21,28,30,32,35-36,44H,17,20H2. The number of halogens is 2. The van der Waals surface area contributed by atoms with Crippen LogP contribution in [0.15, 0.2) is 121 Å². The summed E-state index contributed by atoms with van der Waals surface area (Å²) in [5.74, 6) is -4.93. The Labute approximate surface area is 287 Å². The second-order valence-corrected chi connectivity index (χ2v) is 13.9. The second kappa shape index (κ2) is 11.4. The maximum Gasteiger partial charge on any atom is 0.238 e. The van der Waals surface area contributed by atoms with Crippen LogP contribution >= 0.6 is 23.2 Å². The van der Waals surface area contributed by atoms with Crippen molar-refractivity contribution in [3.63, 3.8) is 0 Å². The van der Waals surface area contributed by atoms with Gasteiger partial charge in [-0.15, -0.1) is 0 Å². The molecule has 6 nitrogen and oxygen atoms in total. The van der Waals surface area contributed by atoms with Gasteiger partial charge in [-0.1, -0.05) is 95.5 Å². The van der Waals surface area contributed by atoms with Gasteiger partial charge in [0.2, 0.25) is 11.8 Å². The fourth-order valence-electron chi connectivity index (χ4n) is 8.82. The van der Waals surface area contributed by atoms with Gasteiger partial charge in [-0.25, -0.2) is 0 Å². The molecular formula is C40H29Cl2NO5. The molecule has 1 aliphatic heterocycles. The molecule has 8 rings (SSSR count). The summed E-state index contributed by atoms with van der Waals surface area (Å²) in [7, 11) is 0. The number of hydrogen-bond acceptors (Lipinski definition) is 5. The topological polar surface area (TPSA) is 91.8 Å². The SMILES string of the molecule is O=C1C(c2ccccc2)=CC(=O)C2(c3ccccc3)C1CC1C(=CCC3C(=O)N(c4ccc(Cl)cc4)C(=O)C31)C2c1cc(Cl)ccc1O. The highest BCUT2D eigenvalue weighted by molar-refractivity contribution is 6.32. The molecule has 6 atom stereocenters. The Hall–Kier alpha value is -4.78. The fourth-order valence-corrected chi connectivity index (χ4v) is 9.13. The molecule has 2 fully saturated rings. The van der Waals surface area contributed by atoms with Crippen molar-refractivity contribution in [2.75, 3.05) is 4.90 Å². The molecule has 1 heterocycles. The van der Waals surface area contributed by atoms with Crippen molar-refractivity contribution in [2.45, 2.75) is 24.2 Å². The van der Waals surface area contributed by atoms with Crippen LogP contribution in [0, 0.1) is 23.7 Å². The first kappa shape index (κ1) is 30.5. The molecule has 2 amide bonds. The number of benzene rings is 4. The van der Waals surface area contributed by atoms with E-state index in [1.807, 2.05) is 54.6 Å². The summed E-state index contributed by atoms with van der Waals surface area (Å²) in [4.78, 5) is 59.5. The average Bonchev–Trinajstić information content (AvgIpc) is 3.36. The number of fused-ring (bicyclic) bond motifs is 4. The maximum absolute atomic E-state index is 15.0. The molecule has 1 N–H and O–H groups in total. The van der Waals surface area contributed by atoms with Crippen LogP contribution in [0.5, 0.6) is 5.75 Å². The average molecular weight is 675 g/mol. The molecule has 8 heteroatoms. The first-order chi connectivity index (χ1) is 23.2. The molecule has 48 heavy (non-hydrogen) atoms. The minimum absolute atomic E-state index is 0.0724. The van der Waals surface area contributed by atoms with Crippen LogP contribution in [-0.2, 0) is 24.6 Å². The lowest BCUT2D eigenvalue weighted by molar-refractivity contribution is -0.135. The summed E-state index contributed by atoms with van der Waals surface area (Å²) in [6.45, 7) is 0. The van der Waals surface area contributed by atoms with Gasteiger partial charge in [0.25, 0.3) is 0 Å². The van der Waals surface area contributed by atoms with Gasteiger partial charge in [-0.3, -0.25) is 24.1 Å². The van der Waals surface area contributed by atoms with Gasteiger partial charge in [-0.05, 0) is 78.4 Å². The Morgan fingerprint density at radius 2 is 1.42 bits per heavy atom. The van der Waals surface area contributed by atoms with E-state index in [1.165, 1.54) is 17.0 Å². The summed E-state index contributed by atoms with van der Waals surface area (Å²) in [5.41, 5.74) is 1.71. The number of phenols is 1. The van der Waals surface area contributed by atoms with Crippen molar-refractivity contribution in [2.24, 2.45) is 23.7 Å². The van der Waals surface area contributed by atoms with E-state index in [0.717, 1.165) is 5.57 Å². The zero-order valence-electron chi connectivity index (χ0n) is 25.6. The van der Waals surface area contributed by atoms with Gasteiger partial charge in [0.1, 0.15) is 5.75 Å². The largest absolute Gasteiger partial charge is 0.508 e. The molecule has 0 bridgehead atoms. The number of nitrogens with zero attached hydrogens (tertiary/aromatic N) is 1. The number of imide groups is 1. The Bertz CT molecular complexity index is 2070. The van der Waals surface area contributed by atoms with Gasteiger partial charge < -0.3 is 5.11 Å². The molecule has 1 saturated carbocycles. The van der Waals surface area contributed by atoms with Crippen molar-refractivity contribution in [1.82, 2.24) is 0 Å². The summed E-state index contributed by atoms with van der Waals surface area (Å²) in [5, 5.41) is 12.3. The number of aromatic hydroxyl groups is 1. The number of phenolic OH excluding ortho intramolecular Hbond substituents is 1. The number of anilines is 1. The third-order valence-corrected chi connectivity index (χ3v) is 11.2. The van der Waals surface area contributed by atoms with Crippen LogP contribution in [-0.4, -0.2) is 28.5 Å². The summed E-state index contributed by atoms with van der Waals surface area (Å²) >= 11 is 12.7. The zero-order chi connectivity index (χ0) is 33.3. The third kappa shape index (κ3) is 4.39. The minimum atomic E-state index is -1.45. The van der Waals surface area contributed by atoms with Gasteiger partial charge in [0.05, 0.1) is 22.9 Å². The Morgan fingerprint density at radius 3 is 2.12 bits per heavy atom. The molecule has 4 aromatic rings. The van der Waals surface area contributed by atoms with Gasteiger partial charge in [-0.2, -0.15) is 0 Å². The normalized spacial score (nSPS) is 28.0. The maximum atomic E-state index is 15.0. The molecule has 6 unspecified atom stereocenters. The fraction of sp³-hybridized carbons (Fsp3) is 0.200. The summed E-state index contributed by atoms with van der Waals surface area (Å²) in [6, 6.07) is 29.6. The number of allylic oxidation sites excluding steroid dienone is 4. The lowest BCUT2D eigenvalue weighted by atomic mass is 9.44. The lowest BCUT2D eigenvalue weighted by Crippen LogP contribution is -2.58. The monoisotopic (exact) mass is 673 g/mol. The molecule has 0 radical (unpaired) electrons. The van der Waals surface area contributed by atoms with Gasteiger partial charge >= 0.3 is 0 Å². The van der Waals surface area contributed by atoms with E-state index < -0.39 is 35.0 Å². The van der Waals surface area contributed by atoms with E-state index in [2.05, 4.69) is 0 Å². The van der Waals surface area contributed by atoms with E-state index in [0.29, 0.717) is 38.0 Å². The van der Waals surface area contributed by atoms with Crippen molar-refractivity contribution in [3.8, 4) is 5.75 Å². The summed E-state index contributed by atoms with van der Waals surface area (Å²) < 4.78 is 0. The van der Waals surface area contributed by atoms with Crippen LogP contribution in [0.4, 0.5) is 5.69 Å². The van der Waals surface area contributed by atoms with E-state index in [4.69, 9.17) is 23.2 Å². The number of carbonyl (C=O) groups excluding carboxylic acids is 4. The van der Waals surface area contributed by atoms with Crippen molar-refractivity contribution in [3.05, 3.63) is 148 Å². The van der Waals surface area contributed by atoms with E-state index in [-0.39, 0.29) is 42.0 Å². The van der Waals surface area contributed by atoms with Gasteiger partial charge in [0.15, 0.2) is 11.6 Å². The number of Topliss-reactive ketones (excluding diaryl/α,β-unsaturated/α-hetero) is 1. The van der Waals surface area contributed by atoms with Crippen LogP contribution < -0.4 is 4.90 Å². The number of carbonyl (C=O) groups is 4. The summed E-state index contributed by atoms with van der Waals surface area (Å²) in [6.07, 6.45) is 3.85. The smallest absolute Gasteiger partial charge is 0.238 e. The second-order valence-electron chi connectivity index (χ2n) is 13.0. The van der Waals surface area contributed by atoms with Crippen LogP contribution in [0.3, 0.4) is 0 Å². The predicted octanol–water partition coefficient (Wildman–Crippen LogP) is 7.73. The van der Waals surface area contributed by atoms with Gasteiger partial charge in [0, 0.05) is 33.0 Å². The molecular weight excluding hydrogens is 645 g/mol. The highest BCUT2D eigenvalue weighted by Crippen LogP contribution is 2.64. The molecule has 1 saturated heterocycles. The number of hydrogen-bond donors (Lipinski definition) is 1. The van der Waals surface area contributed by atoms with Crippen molar-refractivity contribution in [1.29, 1.82) is 0 Å². The highest BCUT2D eigenvalue weighted by atomic mass is 35.5. The van der Waals surface area contributed by atoms with Crippen LogP contribution in [0.25, 0.3) is 5.57 Å².